The van der Waals surface area contributed by atoms with Gasteiger partial charge in [-0.3, -0.25) is 4.99 Å². The highest BCUT2D eigenvalue weighted by Gasteiger charge is 2.14. The van der Waals surface area contributed by atoms with E-state index < -0.39 is 0 Å². The number of hydrogen-bond acceptors (Lipinski definition) is 2. The quantitative estimate of drug-likeness (QED) is 0.232. The van der Waals surface area contributed by atoms with Crippen LogP contribution >= 0.6 is 0 Å². The zero-order chi connectivity index (χ0) is 24.3. The molecule has 4 nitrogen and oxygen atoms in total. The van der Waals surface area contributed by atoms with Gasteiger partial charge < -0.3 is 5.32 Å². The summed E-state index contributed by atoms with van der Waals surface area (Å²) in [6.07, 6.45) is 4.99. The number of rotatable bonds is 10. The number of nitrogens with zero attached hydrogens (tertiary/aromatic N) is 3. The van der Waals surface area contributed by atoms with Gasteiger partial charge in [0.25, 0.3) is 0 Å². The molecule has 1 atom stereocenters. The highest BCUT2D eigenvalue weighted by molar-refractivity contribution is 6.14. The average molecular weight is 433 g/mol. The van der Waals surface area contributed by atoms with Crippen molar-refractivity contribution < 1.29 is 0 Å². The van der Waals surface area contributed by atoms with Crippen LogP contribution in [0.5, 0.6) is 0 Å². The number of benzene rings is 1. The Balaban J connectivity index is 3.28. The number of amidine groups is 2. The molecule has 0 aliphatic carbocycles. The van der Waals surface area contributed by atoms with Gasteiger partial charge in [0, 0.05) is 7.05 Å². The van der Waals surface area contributed by atoms with Gasteiger partial charge in [0.05, 0.1) is 17.5 Å². The molecule has 1 rings (SSSR count). The van der Waals surface area contributed by atoms with Crippen molar-refractivity contribution in [3.05, 3.63) is 78.0 Å². The molecule has 4 heteroatoms. The Morgan fingerprint density at radius 1 is 0.969 bits per heavy atom. The topological polar surface area (TPSA) is 49.1 Å². The maximum atomic E-state index is 4.74. The van der Waals surface area contributed by atoms with Crippen LogP contribution in [0.25, 0.3) is 5.57 Å². The van der Waals surface area contributed by atoms with Crippen LogP contribution in [0.15, 0.2) is 81.9 Å². The van der Waals surface area contributed by atoms with Crippen LogP contribution < -0.4 is 5.32 Å². The monoisotopic (exact) mass is 432 g/mol. The first kappa shape index (κ1) is 27.0. The third-order valence-corrected chi connectivity index (χ3v) is 5.34. The smallest absolute Gasteiger partial charge is 0.128 e. The second-order valence-electron chi connectivity index (χ2n) is 8.08. The summed E-state index contributed by atoms with van der Waals surface area (Å²) in [5.41, 5.74) is 7.10. The van der Waals surface area contributed by atoms with Gasteiger partial charge in [-0.15, -0.1) is 0 Å². The number of aliphatic imine (C=N–C) groups is 3. The molecule has 0 spiro atoms. The number of nitrogens with one attached hydrogen (secondary N) is 1. The third-order valence-electron chi connectivity index (χ3n) is 5.34. The maximum absolute atomic E-state index is 4.74. The molecule has 0 unspecified atom stereocenters. The Morgan fingerprint density at radius 2 is 1.59 bits per heavy atom. The fourth-order valence-corrected chi connectivity index (χ4v) is 3.05. The van der Waals surface area contributed by atoms with Gasteiger partial charge in [0.2, 0.25) is 0 Å². The highest BCUT2D eigenvalue weighted by Crippen LogP contribution is 2.24. The van der Waals surface area contributed by atoms with Gasteiger partial charge in [-0.25, -0.2) is 9.98 Å². The van der Waals surface area contributed by atoms with E-state index in [1.807, 2.05) is 33.8 Å². The van der Waals surface area contributed by atoms with E-state index in [-0.39, 0.29) is 6.04 Å². The summed E-state index contributed by atoms with van der Waals surface area (Å²) in [4.78, 5) is 13.3. The largest absolute Gasteiger partial charge is 0.377 e. The zero-order valence-electron chi connectivity index (χ0n) is 21.0. The Labute approximate surface area is 195 Å². The first-order valence-electron chi connectivity index (χ1n) is 11.3. The maximum Gasteiger partial charge on any atom is 0.128 e. The van der Waals surface area contributed by atoms with Gasteiger partial charge in [0.1, 0.15) is 11.7 Å². The highest BCUT2D eigenvalue weighted by atomic mass is 15.0. The third kappa shape index (κ3) is 8.62. The summed E-state index contributed by atoms with van der Waals surface area (Å²) in [5.74, 6) is 1.31. The summed E-state index contributed by atoms with van der Waals surface area (Å²) in [6.45, 7) is 24.6. The Bertz CT molecular complexity index is 940. The summed E-state index contributed by atoms with van der Waals surface area (Å²) in [6, 6.07) is 8.79. The van der Waals surface area contributed by atoms with Crippen LogP contribution in [-0.4, -0.2) is 24.4 Å². The molecule has 0 fully saturated rings. The molecule has 1 aromatic rings. The molecular weight excluding hydrogens is 392 g/mol. The van der Waals surface area contributed by atoms with Gasteiger partial charge in [0.15, 0.2) is 0 Å². The van der Waals surface area contributed by atoms with Crippen molar-refractivity contribution in [2.45, 2.75) is 66.8 Å². The molecule has 0 aliphatic rings. The predicted molar refractivity (Wildman–Crippen MR) is 144 cm³/mol. The van der Waals surface area contributed by atoms with E-state index in [0.29, 0.717) is 11.7 Å². The summed E-state index contributed by atoms with van der Waals surface area (Å²) >= 11 is 0. The minimum atomic E-state index is 0.136. The van der Waals surface area contributed by atoms with Crippen molar-refractivity contribution in [3.63, 3.8) is 0 Å². The van der Waals surface area contributed by atoms with Crippen LogP contribution in [0.1, 0.15) is 78.0 Å². The fraction of sp³-hybridized carbons (Fsp3) is 0.393. The second-order valence-corrected chi connectivity index (χ2v) is 8.08. The molecule has 0 heterocycles. The fourth-order valence-electron chi connectivity index (χ4n) is 3.05. The molecule has 0 bridgehead atoms. The summed E-state index contributed by atoms with van der Waals surface area (Å²) in [5, 5.41) is 3.61. The Hall–Kier alpha value is -3.01. The van der Waals surface area contributed by atoms with Crippen molar-refractivity contribution in [2.24, 2.45) is 15.0 Å². The molecule has 172 valence electrons. The number of hydrogen-bond donors (Lipinski definition) is 1. The van der Waals surface area contributed by atoms with E-state index in [9.17, 15) is 0 Å². The molecule has 0 radical (unpaired) electrons. The average Bonchev–Trinajstić information content (AvgIpc) is 2.77. The molecule has 0 aromatic heterocycles. The lowest BCUT2D eigenvalue weighted by atomic mass is 9.97. The molecule has 0 saturated heterocycles. The van der Waals surface area contributed by atoms with Crippen molar-refractivity contribution in [2.75, 3.05) is 7.05 Å². The zero-order valence-corrected chi connectivity index (χ0v) is 21.0. The van der Waals surface area contributed by atoms with Crippen LogP contribution in [0.2, 0.25) is 0 Å². The number of allylic oxidation sites excluding steroid dienone is 4. The molecule has 1 aromatic carbocycles. The lowest BCUT2D eigenvalue weighted by Crippen LogP contribution is -2.25. The van der Waals surface area contributed by atoms with E-state index in [1.54, 1.807) is 7.05 Å². The van der Waals surface area contributed by atoms with Crippen molar-refractivity contribution in [1.82, 2.24) is 5.32 Å². The SMILES string of the molecule is C=C(N[C@@H](CCC)c1ccc(C(=C)CC)cc1)C(/C=C(\C)C(=C)C)=NC(C)=NC(C)=NC. The molecule has 1 N–H and O–H groups in total. The summed E-state index contributed by atoms with van der Waals surface area (Å²) in [7, 11) is 1.72. The Morgan fingerprint density at radius 3 is 2.09 bits per heavy atom. The molecular formula is C28H40N4. The lowest BCUT2D eigenvalue weighted by molar-refractivity contribution is 0.555. The lowest BCUT2D eigenvalue weighted by Gasteiger charge is -2.22. The van der Waals surface area contributed by atoms with E-state index in [1.165, 1.54) is 11.1 Å². The van der Waals surface area contributed by atoms with Crippen LogP contribution in [0.4, 0.5) is 0 Å². The van der Waals surface area contributed by atoms with Gasteiger partial charge in [-0.05, 0) is 68.9 Å². The Kier molecular flexibility index (Phi) is 11.3. The van der Waals surface area contributed by atoms with E-state index in [2.05, 4.69) is 73.2 Å². The second kappa shape index (κ2) is 13.4. The van der Waals surface area contributed by atoms with Crippen molar-refractivity contribution in [3.8, 4) is 0 Å². The van der Waals surface area contributed by atoms with E-state index in [4.69, 9.17) is 4.99 Å². The normalized spacial score (nSPS) is 14.2. The van der Waals surface area contributed by atoms with Gasteiger partial charge in [-0.1, -0.05) is 69.8 Å². The van der Waals surface area contributed by atoms with Crippen LogP contribution in [0.3, 0.4) is 0 Å². The van der Waals surface area contributed by atoms with Gasteiger partial charge in [-0.2, -0.15) is 0 Å². The standard InChI is InChI=1S/C28H40N4/c1-11-13-27(26-16-14-25(15-17-26)20(5)12-2)30-22(7)28(18-21(6)19(3)4)32-24(9)31-23(8)29-10/h14-18,27,30H,3,5,7,11-13H2,1-2,4,6,8-10H3/b21-18+,29-23?,31-24?,32-28?/t27-/m0/s1. The first-order chi connectivity index (χ1) is 15.1. The van der Waals surface area contributed by atoms with Crippen molar-refractivity contribution in [1.29, 1.82) is 0 Å². The molecule has 32 heavy (non-hydrogen) atoms. The van der Waals surface area contributed by atoms with Crippen molar-refractivity contribution >= 4 is 23.0 Å². The van der Waals surface area contributed by atoms with E-state index in [0.717, 1.165) is 47.4 Å². The van der Waals surface area contributed by atoms with Gasteiger partial charge >= 0.3 is 0 Å². The first-order valence-corrected chi connectivity index (χ1v) is 11.3. The van der Waals surface area contributed by atoms with E-state index >= 15 is 0 Å². The minimum absolute atomic E-state index is 0.136. The predicted octanol–water partition coefficient (Wildman–Crippen LogP) is 7.48. The molecule has 0 amide bonds. The molecule has 0 saturated carbocycles. The van der Waals surface area contributed by atoms with Crippen LogP contribution in [-0.2, 0) is 0 Å². The summed E-state index contributed by atoms with van der Waals surface area (Å²) < 4.78 is 0. The minimum Gasteiger partial charge on any atom is -0.377 e. The molecule has 0 aliphatic heterocycles. The van der Waals surface area contributed by atoms with Crippen LogP contribution in [0, 0.1) is 0 Å².